The van der Waals surface area contributed by atoms with Crippen molar-refractivity contribution in [2.45, 2.75) is 31.7 Å². The van der Waals surface area contributed by atoms with Gasteiger partial charge in [-0.25, -0.2) is 9.18 Å². The maximum Gasteiger partial charge on any atom is 0.329 e. The highest BCUT2D eigenvalue weighted by Gasteiger charge is 2.44. The molecule has 0 aliphatic carbocycles. The van der Waals surface area contributed by atoms with Crippen molar-refractivity contribution in [2.75, 3.05) is 6.54 Å². The SMILES string of the molecule is CC1(C(=O)O)CCCCN1C(=O)c1cccc(F)c1Br. The lowest BCUT2D eigenvalue weighted by Crippen LogP contribution is -2.57. The summed E-state index contributed by atoms with van der Waals surface area (Å²) in [6.45, 7) is 1.91. The van der Waals surface area contributed by atoms with Crippen LogP contribution in [0.15, 0.2) is 22.7 Å². The Labute approximate surface area is 124 Å². The van der Waals surface area contributed by atoms with Gasteiger partial charge in [-0.2, -0.15) is 0 Å². The van der Waals surface area contributed by atoms with Gasteiger partial charge in [-0.1, -0.05) is 6.07 Å². The molecule has 1 heterocycles. The number of carboxylic acid groups (broad SMARTS) is 1. The molecule has 0 radical (unpaired) electrons. The molecular weight excluding hydrogens is 329 g/mol. The molecule has 20 heavy (non-hydrogen) atoms. The minimum atomic E-state index is -1.24. The van der Waals surface area contributed by atoms with Gasteiger partial charge in [-0.05, 0) is 54.2 Å². The van der Waals surface area contributed by atoms with Crippen LogP contribution in [0.3, 0.4) is 0 Å². The monoisotopic (exact) mass is 343 g/mol. The van der Waals surface area contributed by atoms with Gasteiger partial charge in [0.15, 0.2) is 0 Å². The fraction of sp³-hybridized carbons (Fsp3) is 0.429. The molecule has 1 aromatic rings. The highest BCUT2D eigenvalue weighted by molar-refractivity contribution is 9.10. The lowest BCUT2D eigenvalue weighted by atomic mass is 9.88. The van der Waals surface area contributed by atoms with E-state index >= 15 is 0 Å². The first-order valence-electron chi connectivity index (χ1n) is 6.37. The summed E-state index contributed by atoms with van der Waals surface area (Å²) < 4.78 is 13.6. The number of piperidine rings is 1. The second-order valence-electron chi connectivity index (χ2n) is 5.09. The lowest BCUT2D eigenvalue weighted by Gasteiger charge is -2.41. The van der Waals surface area contributed by atoms with E-state index in [1.807, 2.05) is 0 Å². The molecule has 1 aliphatic rings. The number of nitrogens with zero attached hydrogens (tertiary/aromatic N) is 1. The van der Waals surface area contributed by atoms with Gasteiger partial charge >= 0.3 is 5.97 Å². The zero-order chi connectivity index (χ0) is 14.9. The van der Waals surface area contributed by atoms with Gasteiger partial charge in [0.05, 0.1) is 10.0 Å². The minimum Gasteiger partial charge on any atom is -0.480 e. The van der Waals surface area contributed by atoms with Crippen LogP contribution in [-0.2, 0) is 4.79 Å². The Kier molecular flexibility index (Phi) is 4.13. The van der Waals surface area contributed by atoms with Gasteiger partial charge < -0.3 is 10.0 Å². The average Bonchev–Trinajstić information content (AvgIpc) is 2.41. The van der Waals surface area contributed by atoms with E-state index < -0.39 is 23.2 Å². The molecule has 1 aromatic carbocycles. The van der Waals surface area contributed by atoms with Crippen LogP contribution in [0.5, 0.6) is 0 Å². The van der Waals surface area contributed by atoms with Gasteiger partial charge in [0.2, 0.25) is 0 Å². The summed E-state index contributed by atoms with van der Waals surface area (Å²) in [7, 11) is 0. The smallest absolute Gasteiger partial charge is 0.329 e. The largest absolute Gasteiger partial charge is 0.480 e. The Balaban J connectivity index is 2.40. The normalized spacial score (nSPS) is 22.6. The summed E-state index contributed by atoms with van der Waals surface area (Å²) in [6, 6.07) is 4.18. The third kappa shape index (κ3) is 2.44. The number of halogens is 2. The molecule has 6 heteroatoms. The summed E-state index contributed by atoms with van der Waals surface area (Å²) in [6.07, 6.45) is 1.92. The minimum absolute atomic E-state index is 0.0725. The molecule has 0 saturated carbocycles. The Morgan fingerprint density at radius 1 is 1.40 bits per heavy atom. The third-order valence-electron chi connectivity index (χ3n) is 3.78. The number of amides is 1. The number of hydrogen-bond acceptors (Lipinski definition) is 2. The van der Waals surface area contributed by atoms with E-state index in [-0.39, 0.29) is 10.0 Å². The fourth-order valence-corrected chi connectivity index (χ4v) is 2.92. The second kappa shape index (κ2) is 5.52. The zero-order valence-electron chi connectivity index (χ0n) is 11.0. The molecule has 0 bridgehead atoms. The molecule has 108 valence electrons. The maximum absolute atomic E-state index is 13.5. The van der Waals surface area contributed by atoms with E-state index in [1.165, 1.54) is 23.1 Å². The number of likely N-dealkylation sites (tertiary alicyclic amines) is 1. The molecule has 1 atom stereocenters. The molecular formula is C14H15BrFNO3. The Bertz CT molecular complexity index is 563. The van der Waals surface area contributed by atoms with Crippen LogP contribution in [0.1, 0.15) is 36.5 Å². The maximum atomic E-state index is 13.5. The van der Waals surface area contributed by atoms with Crippen molar-refractivity contribution >= 4 is 27.8 Å². The van der Waals surface area contributed by atoms with Crippen LogP contribution >= 0.6 is 15.9 Å². The Hall–Kier alpha value is -1.43. The molecule has 0 aromatic heterocycles. The van der Waals surface area contributed by atoms with Crippen LogP contribution in [-0.4, -0.2) is 34.0 Å². The highest BCUT2D eigenvalue weighted by atomic mass is 79.9. The standard InChI is InChI=1S/C14H15BrFNO3/c1-14(13(19)20)7-2-3-8-17(14)12(18)9-5-4-6-10(16)11(9)15/h4-6H,2-3,7-8H2,1H3,(H,19,20). The molecule has 1 amide bonds. The van der Waals surface area contributed by atoms with E-state index in [2.05, 4.69) is 15.9 Å². The van der Waals surface area contributed by atoms with Gasteiger partial charge in [0, 0.05) is 6.54 Å². The number of hydrogen-bond donors (Lipinski definition) is 1. The number of rotatable bonds is 2. The third-order valence-corrected chi connectivity index (χ3v) is 4.58. The van der Waals surface area contributed by atoms with Crippen molar-refractivity contribution in [3.05, 3.63) is 34.1 Å². The van der Waals surface area contributed by atoms with Gasteiger partial charge in [0.25, 0.3) is 5.91 Å². The molecule has 1 aliphatic heterocycles. The number of benzene rings is 1. The molecule has 4 nitrogen and oxygen atoms in total. The Morgan fingerprint density at radius 2 is 2.10 bits per heavy atom. The zero-order valence-corrected chi connectivity index (χ0v) is 12.6. The van der Waals surface area contributed by atoms with Gasteiger partial charge in [-0.15, -0.1) is 0 Å². The predicted octanol–water partition coefficient (Wildman–Crippen LogP) is 3.06. The number of carbonyl (C=O) groups excluding carboxylic acids is 1. The van der Waals surface area contributed by atoms with Crippen molar-refractivity contribution in [3.63, 3.8) is 0 Å². The van der Waals surface area contributed by atoms with Crippen LogP contribution in [0.4, 0.5) is 4.39 Å². The van der Waals surface area contributed by atoms with E-state index in [4.69, 9.17) is 0 Å². The fourth-order valence-electron chi connectivity index (χ4n) is 2.48. The van der Waals surface area contributed by atoms with Crippen LogP contribution < -0.4 is 0 Å². The summed E-state index contributed by atoms with van der Waals surface area (Å²) in [5, 5.41) is 9.41. The first-order valence-corrected chi connectivity index (χ1v) is 7.16. The lowest BCUT2D eigenvalue weighted by molar-refractivity contribution is -0.150. The van der Waals surface area contributed by atoms with Crippen molar-refractivity contribution in [1.29, 1.82) is 0 Å². The van der Waals surface area contributed by atoms with E-state index in [9.17, 15) is 19.1 Å². The molecule has 1 unspecified atom stereocenters. The predicted molar refractivity (Wildman–Crippen MR) is 75.0 cm³/mol. The van der Waals surface area contributed by atoms with E-state index in [0.717, 1.165) is 12.8 Å². The van der Waals surface area contributed by atoms with Gasteiger partial charge in [-0.3, -0.25) is 4.79 Å². The summed E-state index contributed by atoms with van der Waals surface area (Å²) in [5.41, 5.74) is -1.08. The van der Waals surface area contributed by atoms with Crippen molar-refractivity contribution in [1.82, 2.24) is 4.90 Å². The summed E-state index contributed by atoms with van der Waals surface area (Å²) in [5.74, 6) is -2.02. The van der Waals surface area contributed by atoms with Crippen molar-refractivity contribution in [2.24, 2.45) is 0 Å². The summed E-state index contributed by atoms with van der Waals surface area (Å²) in [4.78, 5) is 25.4. The number of carboxylic acids is 1. The molecule has 1 fully saturated rings. The first kappa shape index (κ1) is 15.0. The number of aliphatic carboxylic acids is 1. The second-order valence-corrected chi connectivity index (χ2v) is 5.89. The quantitative estimate of drug-likeness (QED) is 0.897. The summed E-state index contributed by atoms with van der Waals surface area (Å²) >= 11 is 3.05. The molecule has 1 saturated heterocycles. The van der Waals surface area contributed by atoms with Crippen molar-refractivity contribution in [3.8, 4) is 0 Å². The van der Waals surface area contributed by atoms with Crippen LogP contribution in [0, 0.1) is 5.82 Å². The average molecular weight is 344 g/mol. The van der Waals surface area contributed by atoms with Gasteiger partial charge in [0.1, 0.15) is 11.4 Å². The first-order chi connectivity index (χ1) is 9.38. The van der Waals surface area contributed by atoms with Crippen molar-refractivity contribution < 1.29 is 19.1 Å². The molecule has 1 N–H and O–H groups in total. The molecule has 0 spiro atoms. The van der Waals surface area contributed by atoms with Crippen LogP contribution in [0.2, 0.25) is 0 Å². The van der Waals surface area contributed by atoms with E-state index in [1.54, 1.807) is 6.92 Å². The Morgan fingerprint density at radius 3 is 2.75 bits per heavy atom. The highest BCUT2D eigenvalue weighted by Crippen LogP contribution is 2.31. The number of carbonyl (C=O) groups is 2. The topological polar surface area (TPSA) is 57.6 Å². The van der Waals surface area contributed by atoms with E-state index in [0.29, 0.717) is 13.0 Å². The van der Waals surface area contributed by atoms with Crippen LogP contribution in [0.25, 0.3) is 0 Å². The molecule has 2 rings (SSSR count).